The van der Waals surface area contributed by atoms with Crippen molar-refractivity contribution in [1.82, 2.24) is 9.71 Å². The molecule has 0 bridgehead atoms. The van der Waals surface area contributed by atoms with Crippen molar-refractivity contribution in [3.63, 3.8) is 0 Å². The van der Waals surface area contributed by atoms with Crippen molar-refractivity contribution in [3.05, 3.63) is 24.1 Å². The largest absolute Gasteiger partial charge is 0.381 e. The molecule has 8 heteroatoms. The van der Waals surface area contributed by atoms with Gasteiger partial charge < -0.3 is 4.74 Å². The molecule has 1 N–H and O–H groups in total. The van der Waals surface area contributed by atoms with Crippen LogP contribution in [0.5, 0.6) is 0 Å². The van der Waals surface area contributed by atoms with Gasteiger partial charge in [0.1, 0.15) is 0 Å². The van der Waals surface area contributed by atoms with Crippen molar-refractivity contribution in [2.24, 2.45) is 0 Å². The second-order valence-corrected chi connectivity index (χ2v) is 6.29. The summed E-state index contributed by atoms with van der Waals surface area (Å²) in [5, 5.41) is -0.606. The Balaban J connectivity index is 2.28. The number of aromatic nitrogens is 1. The van der Waals surface area contributed by atoms with E-state index in [1.165, 1.54) is 12.3 Å². The van der Waals surface area contributed by atoms with Crippen LogP contribution in [0.1, 0.15) is 12.8 Å². The summed E-state index contributed by atoms with van der Waals surface area (Å²) in [5.41, 5.74) is -0.803. The molecule has 1 aliphatic heterocycles. The fraction of sp³-hybridized carbons (Fsp3) is 0.545. The Bertz CT molecular complexity index is 547. The van der Waals surface area contributed by atoms with E-state index >= 15 is 0 Å². The van der Waals surface area contributed by atoms with Gasteiger partial charge in [0, 0.05) is 25.3 Å². The van der Waals surface area contributed by atoms with Gasteiger partial charge in [0.2, 0.25) is 5.03 Å². The molecule has 5 nitrogen and oxygen atoms in total. The maximum atomic E-state index is 13.5. The van der Waals surface area contributed by atoms with Crippen LogP contribution >= 0.6 is 11.6 Å². The van der Waals surface area contributed by atoms with Crippen molar-refractivity contribution in [1.29, 1.82) is 0 Å². The summed E-state index contributed by atoms with van der Waals surface area (Å²) >= 11 is 5.87. The second kappa shape index (κ2) is 5.70. The zero-order chi connectivity index (χ0) is 13.9. The van der Waals surface area contributed by atoms with Gasteiger partial charge in [-0.25, -0.2) is 22.5 Å². The van der Waals surface area contributed by atoms with E-state index in [-0.39, 0.29) is 5.88 Å². The van der Waals surface area contributed by atoms with Crippen LogP contribution < -0.4 is 4.72 Å². The van der Waals surface area contributed by atoms with Gasteiger partial charge in [-0.3, -0.25) is 0 Å². The highest BCUT2D eigenvalue weighted by Crippen LogP contribution is 2.25. The van der Waals surface area contributed by atoms with E-state index in [9.17, 15) is 12.8 Å². The van der Waals surface area contributed by atoms with Gasteiger partial charge in [-0.2, -0.15) is 0 Å². The standard InChI is InChI=1S/C11H14ClFN2O3S/c12-8-11(3-6-18-7-4-11)15-19(16,17)10-9(13)2-1-5-14-10/h1-2,5,15H,3-4,6-8H2. The highest BCUT2D eigenvalue weighted by Gasteiger charge is 2.37. The predicted octanol–water partition coefficient (Wildman–Crippen LogP) is 1.29. The minimum Gasteiger partial charge on any atom is -0.381 e. The minimum absolute atomic E-state index is 0.101. The number of rotatable bonds is 4. The first-order chi connectivity index (χ1) is 8.99. The molecule has 2 heterocycles. The van der Waals surface area contributed by atoms with E-state index in [1.807, 2.05) is 0 Å². The lowest BCUT2D eigenvalue weighted by Crippen LogP contribution is -2.53. The summed E-state index contributed by atoms with van der Waals surface area (Å²) in [6, 6.07) is 2.39. The molecule has 0 spiro atoms. The second-order valence-electron chi connectivity index (χ2n) is 4.42. The lowest BCUT2D eigenvalue weighted by atomic mass is 9.94. The number of nitrogens with zero attached hydrogens (tertiary/aromatic N) is 1. The van der Waals surface area contributed by atoms with Gasteiger partial charge in [-0.1, -0.05) is 0 Å². The number of ether oxygens (including phenoxy) is 1. The monoisotopic (exact) mass is 308 g/mol. The highest BCUT2D eigenvalue weighted by molar-refractivity contribution is 7.89. The third kappa shape index (κ3) is 3.22. The summed E-state index contributed by atoms with van der Waals surface area (Å²) in [4.78, 5) is 3.58. The van der Waals surface area contributed by atoms with Crippen LogP contribution in [0.4, 0.5) is 4.39 Å². The Hall–Kier alpha value is -0.760. The Kier molecular flexibility index (Phi) is 4.39. The lowest BCUT2D eigenvalue weighted by molar-refractivity contribution is 0.0548. The zero-order valence-corrected chi connectivity index (χ0v) is 11.7. The van der Waals surface area contributed by atoms with E-state index in [1.54, 1.807) is 0 Å². The first-order valence-electron chi connectivity index (χ1n) is 5.77. The van der Waals surface area contributed by atoms with Gasteiger partial charge >= 0.3 is 0 Å². The number of hydrogen-bond acceptors (Lipinski definition) is 4. The van der Waals surface area contributed by atoms with Crippen LogP contribution in [0.3, 0.4) is 0 Å². The molecular formula is C11H14ClFN2O3S. The minimum atomic E-state index is -4.04. The fourth-order valence-corrected chi connectivity index (χ4v) is 3.81. The van der Waals surface area contributed by atoms with Crippen LogP contribution in [-0.2, 0) is 14.8 Å². The lowest BCUT2D eigenvalue weighted by Gasteiger charge is -2.35. The van der Waals surface area contributed by atoms with E-state index in [0.717, 1.165) is 6.07 Å². The number of halogens is 2. The molecule has 1 aliphatic rings. The number of hydrogen-bond donors (Lipinski definition) is 1. The molecule has 1 aromatic heterocycles. The number of nitrogens with one attached hydrogen (secondary N) is 1. The summed E-state index contributed by atoms with van der Waals surface area (Å²) in [5.74, 6) is -0.781. The average Bonchev–Trinajstić information content (AvgIpc) is 2.39. The summed E-state index contributed by atoms with van der Waals surface area (Å²) in [6.45, 7) is 0.833. The average molecular weight is 309 g/mol. The highest BCUT2D eigenvalue weighted by atomic mass is 35.5. The molecule has 0 amide bonds. The van der Waals surface area contributed by atoms with Crippen molar-refractivity contribution in [2.45, 2.75) is 23.4 Å². The Morgan fingerprint density at radius 2 is 2.16 bits per heavy atom. The SMILES string of the molecule is O=S(=O)(NC1(CCl)CCOCC1)c1ncccc1F. The van der Waals surface area contributed by atoms with Crippen LogP contribution in [0.15, 0.2) is 23.4 Å². The van der Waals surface area contributed by atoms with Gasteiger partial charge in [0.05, 0.1) is 5.54 Å². The third-order valence-electron chi connectivity index (χ3n) is 3.04. The molecule has 0 aliphatic carbocycles. The van der Waals surface area contributed by atoms with Crippen molar-refractivity contribution < 1.29 is 17.5 Å². The summed E-state index contributed by atoms with van der Waals surface area (Å²) < 4.78 is 45.5. The maximum absolute atomic E-state index is 13.5. The topological polar surface area (TPSA) is 68.3 Å². The quantitative estimate of drug-likeness (QED) is 0.851. The molecule has 19 heavy (non-hydrogen) atoms. The van der Waals surface area contributed by atoms with Crippen LogP contribution in [0.2, 0.25) is 0 Å². The molecule has 0 unspecified atom stereocenters. The Morgan fingerprint density at radius 1 is 1.47 bits per heavy atom. The van der Waals surface area contributed by atoms with E-state index in [4.69, 9.17) is 16.3 Å². The predicted molar refractivity (Wildman–Crippen MR) is 68.0 cm³/mol. The molecule has 2 rings (SSSR count). The fourth-order valence-electron chi connectivity index (χ4n) is 1.93. The van der Waals surface area contributed by atoms with Gasteiger partial charge in [0.25, 0.3) is 10.0 Å². The smallest absolute Gasteiger partial charge is 0.261 e. The summed E-state index contributed by atoms with van der Waals surface area (Å²) in [7, 11) is -4.04. The molecule has 1 saturated heterocycles. The van der Waals surface area contributed by atoms with Crippen molar-refractivity contribution >= 4 is 21.6 Å². The first kappa shape index (κ1) is 14.6. The molecule has 0 saturated carbocycles. The normalized spacial score (nSPS) is 19.3. The van der Waals surface area contributed by atoms with Crippen LogP contribution in [-0.4, -0.2) is 38.0 Å². The number of alkyl halides is 1. The first-order valence-corrected chi connectivity index (χ1v) is 7.79. The van der Waals surface area contributed by atoms with Crippen molar-refractivity contribution in [3.8, 4) is 0 Å². The molecule has 1 fully saturated rings. The van der Waals surface area contributed by atoms with E-state index < -0.39 is 26.4 Å². The molecule has 1 aromatic rings. The van der Waals surface area contributed by atoms with Gasteiger partial charge in [0.15, 0.2) is 5.82 Å². The maximum Gasteiger partial charge on any atom is 0.261 e. The molecule has 106 valence electrons. The zero-order valence-electron chi connectivity index (χ0n) is 10.1. The molecular weight excluding hydrogens is 295 g/mol. The van der Waals surface area contributed by atoms with E-state index in [0.29, 0.717) is 26.1 Å². The molecule has 0 aromatic carbocycles. The van der Waals surface area contributed by atoms with Crippen LogP contribution in [0, 0.1) is 5.82 Å². The Morgan fingerprint density at radius 3 is 2.74 bits per heavy atom. The third-order valence-corrected chi connectivity index (χ3v) is 5.06. The molecule has 0 radical (unpaired) electrons. The van der Waals surface area contributed by atoms with Crippen LogP contribution in [0.25, 0.3) is 0 Å². The van der Waals surface area contributed by atoms with Crippen molar-refractivity contribution in [2.75, 3.05) is 19.1 Å². The van der Waals surface area contributed by atoms with Gasteiger partial charge in [-0.05, 0) is 25.0 Å². The van der Waals surface area contributed by atoms with Gasteiger partial charge in [-0.15, -0.1) is 11.6 Å². The Labute approximate surface area is 116 Å². The van der Waals surface area contributed by atoms with E-state index in [2.05, 4.69) is 9.71 Å². The number of pyridine rings is 1. The molecule has 0 atom stereocenters. The summed E-state index contributed by atoms with van der Waals surface area (Å²) in [6.07, 6.45) is 2.13. The number of sulfonamides is 1.